The van der Waals surface area contributed by atoms with Gasteiger partial charge in [0.1, 0.15) is 0 Å². The van der Waals surface area contributed by atoms with Crippen LogP contribution >= 0.6 is 0 Å². The maximum atomic E-state index is 12.4. The van der Waals surface area contributed by atoms with E-state index in [1.165, 1.54) is 0 Å². The fraction of sp³-hybridized carbons (Fsp3) is 0.222. The number of benzene rings is 2. The van der Waals surface area contributed by atoms with Crippen molar-refractivity contribution in [3.05, 3.63) is 71.3 Å². The fourth-order valence-corrected chi connectivity index (χ4v) is 2.24. The molecule has 1 atom stereocenters. The number of hydrogen-bond donors (Lipinski definition) is 1. The minimum atomic E-state index is -0.979. The molecule has 2 aromatic carbocycles. The largest absolute Gasteiger partial charge is 0.481 e. The van der Waals surface area contributed by atoms with Gasteiger partial charge in [-0.05, 0) is 25.0 Å². The maximum absolute atomic E-state index is 12.4. The second-order valence-corrected chi connectivity index (χ2v) is 5.27. The van der Waals surface area contributed by atoms with Crippen LogP contribution in [0.5, 0.6) is 0 Å². The van der Waals surface area contributed by atoms with Gasteiger partial charge in [0.15, 0.2) is 5.78 Å². The van der Waals surface area contributed by atoms with Gasteiger partial charge in [-0.15, -0.1) is 0 Å². The Morgan fingerprint density at radius 3 is 2.19 bits per heavy atom. The lowest BCUT2D eigenvalue weighted by Gasteiger charge is -2.24. The molecule has 0 aromatic heterocycles. The molecular formula is C18H18O3. The van der Waals surface area contributed by atoms with Crippen molar-refractivity contribution in [2.75, 3.05) is 0 Å². The molecule has 2 aromatic rings. The first kappa shape index (κ1) is 15.0. The van der Waals surface area contributed by atoms with Crippen LogP contribution < -0.4 is 0 Å². The first-order chi connectivity index (χ1) is 9.99. The minimum Gasteiger partial charge on any atom is -0.481 e. The van der Waals surface area contributed by atoms with E-state index in [9.17, 15) is 14.7 Å². The van der Waals surface area contributed by atoms with Crippen molar-refractivity contribution in [3.8, 4) is 0 Å². The third-order valence-electron chi connectivity index (χ3n) is 3.98. The van der Waals surface area contributed by atoms with Crippen LogP contribution in [0.25, 0.3) is 0 Å². The molecule has 1 N–H and O–H groups in total. The first-order valence-electron chi connectivity index (χ1n) is 6.92. The predicted molar refractivity (Wildman–Crippen MR) is 81.6 cm³/mol. The molecule has 0 saturated carbocycles. The van der Waals surface area contributed by atoms with E-state index in [4.69, 9.17) is 0 Å². The lowest BCUT2D eigenvalue weighted by atomic mass is 9.79. The first-order valence-corrected chi connectivity index (χ1v) is 6.92. The summed E-state index contributed by atoms with van der Waals surface area (Å²) in [6, 6.07) is 15.9. The predicted octanol–water partition coefficient (Wildman–Crippen LogP) is 3.67. The zero-order chi connectivity index (χ0) is 15.5. The Morgan fingerprint density at radius 1 is 1.00 bits per heavy atom. The van der Waals surface area contributed by atoms with Crippen molar-refractivity contribution < 1.29 is 14.7 Å². The topological polar surface area (TPSA) is 54.4 Å². The molecule has 0 aliphatic heterocycles. The Bertz CT molecular complexity index is 661. The number of carboxylic acids is 1. The highest BCUT2D eigenvalue weighted by molar-refractivity contribution is 6.09. The third-order valence-corrected chi connectivity index (χ3v) is 3.98. The molecule has 0 aliphatic carbocycles. The van der Waals surface area contributed by atoms with Crippen LogP contribution in [-0.2, 0) is 10.2 Å². The van der Waals surface area contributed by atoms with Gasteiger partial charge in [-0.25, -0.2) is 0 Å². The number of aliphatic carboxylic acids is 1. The fourth-order valence-electron chi connectivity index (χ4n) is 2.24. The molecule has 0 fully saturated rings. The quantitative estimate of drug-likeness (QED) is 0.851. The average Bonchev–Trinajstić information content (AvgIpc) is 2.54. The third kappa shape index (κ3) is 2.87. The Labute approximate surface area is 124 Å². The number of carboxylic acid groups (broad SMARTS) is 1. The molecule has 3 heteroatoms. The number of rotatable bonds is 5. The maximum Gasteiger partial charge on any atom is 0.313 e. The molecule has 0 amide bonds. The molecule has 0 aliphatic rings. The smallest absolute Gasteiger partial charge is 0.313 e. The summed E-state index contributed by atoms with van der Waals surface area (Å²) in [6.07, 6.45) is 0.464. The summed E-state index contributed by atoms with van der Waals surface area (Å²) in [7, 11) is 0. The standard InChI is InChI=1S/C18H18O3/c1-3-18(2,17(20)21)15-11-7-10-14(12-15)16(19)13-8-5-4-6-9-13/h4-12H,3H2,1-2H3,(H,20,21)/t18-/m0/s1. The van der Waals surface area contributed by atoms with Crippen LogP contribution in [0.4, 0.5) is 0 Å². The molecule has 0 saturated heterocycles. The van der Waals surface area contributed by atoms with Crippen molar-refractivity contribution in [1.29, 1.82) is 0 Å². The molecule has 108 valence electrons. The lowest BCUT2D eigenvalue weighted by molar-refractivity contribution is -0.143. The summed E-state index contributed by atoms with van der Waals surface area (Å²) in [5, 5.41) is 9.45. The monoisotopic (exact) mass is 282 g/mol. The SMILES string of the molecule is CC[C@](C)(C(=O)O)c1cccc(C(=O)c2ccccc2)c1. The average molecular weight is 282 g/mol. The van der Waals surface area contributed by atoms with Crippen LogP contribution in [0.15, 0.2) is 54.6 Å². The molecule has 2 rings (SSSR count). The van der Waals surface area contributed by atoms with Gasteiger partial charge in [0.25, 0.3) is 0 Å². The molecule has 3 nitrogen and oxygen atoms in total. The van der Waals surface area contributed by atoms with Crippen LogP contribution in [0, 0.1) is 0 Å². The highest BCUT2D eigenvalue weighted by atomic mass is 16.4. The van der Waals surface area contributed by atoms with Gasteiger partial charge in [0.05, 0.1) is 5.41 Å². The van der Waals surface area contributed by atoms with E-state index in [1.807, 2.05) is 25.1 Å². The number of carbonyl (C=O) groups is 2. The highest BCUT2D eigenvalue weighted by Crippen LogP contribution is 2.29. The summed E-state index contributed by atoms with van der Waals surface area (Å²) < 4.78 is 0. The van der Waals surface area contributed by atoms with E-state index in [2.05, 4.69) is 0 Å². The number of carbonyl (C=O) groups excluding carboxylic acids is 1. The molecule has 0 spiro atoms. The normalized spacial score (nSPS) is 13.4. The molecule has 21 heavy (non-hydrogen) atoms. The highest BCUT2D eigenvalue weighted by Gasteiger charge is 2.33. The Morgan fingerprint density at radius 2 is 1.62 bits per heavy atom. The molecular weight excluding hydrogens is 264 g/mol. The van der Waals surface area contributed by atoms with Gasteiger partial charge in [-0.2, -0.15) is 0 Å². The van der Waals surface area contributed by atoms with Crippen LogP contribution in [-0.4, -0.2) is 16.9 Å². The van der Waals surface area contributed by atoms with Gasteiger partial charge in [-0.3, -0.25) is 9.59 Å². The van der Waals surface area contributed by atoms with Gasteiger partial charge >= 0.3 is 5.97 Å². The number of hydrogen-bond acceptors (Lipinski definition) is 2. The van der Waals surface area contributed by atoms with Crippen molar-refractivity contribution in [2.24, 2.45) is 0 Å². The summed E-state index contributed by atoms with van der Waals surface area (Å²) in [4.78, 5) is 24.0. The van der Waals surface area contributed by atoms with Crippen LogP contribution in [0.3, 0.4) is 0 Å². The van der Waals surface area contributed by atoms with E-state index in [-0.39, 0.29) is 5.78 Å². The van der Waals surface area contributed by atoms with E-state index < -0.39 is 11.4 Å². The number of ketones is 1. The second-order valence-electron chi connectivity index (χ2n) is 5.27. The van der Waals surface area contributed by atoms with Crippen molar-refractivity contribution >= 4 is 11.8 Å². The Kier molecular flexibility index (Phi) is 4.22. The Balaban J connectivity index is 2.43. The van der Waals surface area contributed by atoms with Gasteiger partial charge in [-0.1, -0.05) is 55.5 Å². The van der Waals surface area contributed by atoms with E-state index >= 15 is 0 Å². The zero-order valence-electron chi connectivity index (χ0n) is 12.2. The van der Waals surface area contributed by atoms with Gasteiger partial charge < -0.3 is 5.11 Å². The molecule has 0 radical (unpaired) electrons. The molecule has 0 unspecified atom stereocenters. The van der Waals surface area contributed by atoms with Gasteiger partial charge in [0, 0.05) is 11.1 Å². The van der Waals surface area contributed by atoms with Crippen LogP contribution in [0.2, 0.25) is 0 Å². The molecule has 0 bridgehead atoms. The van der Waals surface area contributed by atoms with E-state index in [0.29, 0.717) is 23.1 Å². The summed E-state index contributed by atoms with van der Waals surface area (Å²) >= 11 is 0. The summed E-state index contributed by atoms with van der Waals surface area (Å²) in [5.74, 6) is -0.976. The lowest BCUT2D eigenvalue weighted by Crippen LogP contribution is -2.31. The van der Waals surface area contributed by atoms with E-state index in [0.717, 1.165) is 0 Å². The van der Waals surface area contributed by atoms with Gasteiger partial charge in [0.2, 0.25) is 0 Å². The van der Waals surface area contributed by atoms with Crippen molar-refractivity contribution in [2.45, 2.75) is 25.7 Å². The molecule has 0 heterocycles. The zero-order valence-corrected chi connectivity index (χ0v) is 12.2. The summed E-state index contributed by atoms with van der Waals surface area (Å²) in [6.45, 7) is 3.52. The Hall–Kier alpha value is -2.42. The van der Waals surface area contributed by atoms with Crippen molar-refractivity contribution in [1.82, 2.24) is 0 Å². The minimum absolute atomic E-state index is 0.0960. The van der Waals surface area contributed by atoms with Crippen molar-refractivity contribution in [3.63, 3.8) is 0 Å². The summed E-state index contributed by atoms with van der Waals surface area (Å²) in [5.41, 5.74) is 0.787. The second kappa shape index (κ2) is 5.92. The van der Waals surface area contributed by atoms with E-state index in [1.54, 1.807) is 43.3 Å². The van der Waals surface area contributed by atoms with Crippen LogP contribution in [0.1, 0.15) is 41.8 Å².